The van der Waals surface area contributed by atoms with Gasteiger partial charge < -0.3 is 25.7 Å². The summed E-state index contributed by atoms with van der Waals surface area (Å²) in [4.78, 5) is 1.35. The van der Waals surface area contributed by atoms with Gasteiger partial charge in [-0.05, 0) is 28.2 Å². The van der Waals surface area contributed by atoms with Gasteiger partial charge in [-0.2, -0.15) is 0 Å². The minimum Gasteiger partial charge on any atom is -0.353 e. The summed E-state index contributed by atoms with van der Waals surface area (Å²) in [6.07, 6.45) is 0.467. The molecule has 0 aromatic rings. The van der Waals surface area contributed by atoms with Crippen LogP contribution in [0.5, 0.6) is 0 Å². The van der Waals surface area contributed by atoms with Gasteiger partial charge in [0.15, 0.2) is 0 Å². The molecule has 0 aliphatic carbocycles. The van der Waals surface area contributed by atoms with Gasteiger partial charge in [0.25, 0.3) is 0 Å². The molecule has 17 heavy (non-hydrogen) atoms. The summed E-state index contributed by atoms with van der Waals surface area (Å²) >= 11 is 4.83. The standard InChI is InChI=1S/C5H13NO2.C3H7ClO2.C2H7N/c1-4-5(7,8)6(2)3;1-2-3(4,5)6;1-3-2/h7-8H,4H2,1-3H3;5-6H,2H2,1H3;3H,1-2H3. The van der Waals surface area contributed by atoms with Crippen LogP contribution < -0.4 is 5.32 Å². The summed E-state index contributed by atoms with van der Waals surface area (Å²) in [6.45, 7) is 3.28. The molecule has 0 saturated heterocycles. The predicted molar refractivity (Wildman–Crippen MR) is 69.4 cm³/mol. The van der Waals surface area contributed by atoms with Crippen LogP contribution in [0.4, 0.5) is 0 Å². The highest BCUT2D eigenvalue weighted by atomic mass is 35.5. The lowest BCUT2D eigenvalue weighted by Gasteiger charge is -2.26. The number of nitrogens with zero attached hydrogens (tertiary/aromatic N) is 1. The zero-order chi connectivity index (χ0) is 14.7. The summed E-state index contributed by atoms with van der Waals surface area (Å²) in [5.74, 6) is -1.62. The molecular formula is C10H27ClN2O4. The van der Waals surface area contributed by atoms with Gasteiger partial charge in [-0.15, -0.1) is 0 Å². The van der Waals surface area contributed by atoms with E-state index in [4.69, 9.17) is 32.0 Å². The maximum atomic E-state index is 8.88. The Labute approximate surface area is 109 Å². The summed E-state index contributed by atoms with van der Waals surface area (Å²) < 4.78 is 0. The van der Waals surface area contributed by atoms with Crippen molar-refractivity contribution in [2.75, 3.05) is 28.2 Å². The molecule has 0 aromatic heterocycles. The first-order valence-corrected chi connectivity index (χ1v) is 5.70. The maximum absolute atomic E-state index is 8.88. The Balaban J connectivity index is -0.000000193. The van der Waals surface area contributed by atoms with Crippen molar-refractivity contribution < 1.29 is 20.4 Å². The van der Waals surface area contributed by atoms with E-state index in [1.165, 1.54) is 4.90 Å². The van der Waals surface area contributed by atoms with Gasteiger partial charge in [-0.3, -0.25) is 4.90 Å². The van der Waals surface area contributed by atoms with Crippen molar-refractivity contribution in [2.24, 2.45) is 0 Å². The number of hydrogen-bond donors (Lipinski definition) is 5. The lowest BCUT2D eigenvalue weighted by molar-refractivity contribution is -0.249. The Morgan fingerprint density at radius 2 is 1.24 bits per heavy atom. The third kappa shape index (κ3) is 21.8. The highest BCUT2D eigenvalue weighted by Crippen LogP contribution is 2.08. The molecule has 0 fully saturated rings. The van der Waals surface area contributed by atoms with Crippen LogP contribution >= 0.6 is 11.6 Å². The van der Waals surface area contributed by atoms with E-state index in [0.717, 1.165) is 0 Å². The highest BCUT2D eigenvalue weighted by molar-refractivity contribution is 6.21. The van der Waals surface area contributed by atoms with Gasteiger partial charge in [-0.1, -0.05) is 25.4 Å². The van der Waals surface area contributed by atoms with Crippen molar-refractivity contribution in [3.63, 3.8) is 0 Å². The van der Waals surface area contributed by atoms with Crippen molar-refractivity contribution >= 4 is 11.6 Å². The lowest BCUT2D eigenvalue weighted by Crippen LogP contribution is -2.43. The molecule has 7 heteroatoms. The fraction of sp³-hybridized carbons (Fsp3) is 1.00. The molecule has 0 rings (SSSR count). The van der Waals surface area contributed by atoms with E-state index in [9.17, 15) is 0 Å². The lowest BCUT2D eigenvalue weighted by atomic mass is 10.3. The highest BCUT2D eigenvalue weighted by Gasteiger charge is 2.21. The minimum atomic E-state index is -1.99. The number of rotatable bonds is 3. The number of hydrogen-bond acceptors (Lipinski definition) is 6. The van der Waals surface area contributed by atoms with Crippen LogP contribution in [0.25, 0.3) is 0 Å². The van der Waals surface area contributed by atoms with Gasteiger partial charge in [-0.25, -0.2) is 0 Å². The number of halogens is 1. The van der Waals surface area contributed by atoms with Crippen LogP contribution in [-0.2, 0) is 0 Å². The first-order chi connectivity index (χ1) is 7.48. The van der Waals surface area contributed by atoms with Crippen molar-refractivity contribution in [3.8, 4) is 0 Å². The molecule has 0 unspecified atom stereocenters. The quantitative estimate of drug-likeness (QED) is 0.358. The van der Waals surface area contributed by atoms with Crippen LogP contribution in [0.15, 0.2) is 0 Å². The maximum Gasteiger partial charge on any atom is 0.243 e. The zero-order valence-corrected chi connectivity index (χ0v) is 12.3. The van der Waals surface area contributed by atoms with E-state index < -0.39 is 11.2 Å². The van der Waals surface area contributed by atoms with E-state index >= 15 is 0 Å². The zero-order valence-electron chi connectivity index (χ0n) is 11.5. The van der Waals surface area contributed by atoms with E-state index in [1.807, 2.05) is 14.1 Å². The van der Waals surface area contributed by atoms with Crippen molar-refractivity contribution in [3.05, 3.63) is 0 Å². The summed E-state index contributed by atoms with van der Waals surface area (Å²) in [5.41, 5.74) is 0. The Hall–Kier alpha value is 0.0500. The van der Waals surface area contributed by atoms with Crippen molar-refractivity contribution in [1.82, 2.24) is 10.2 Å². The topological polar surface area (TPSA) is 96.2 Å². The summed E-state index contributed by atoms with van der Waals surface area (Å²) in [6, 6.07) is 0. The Kier molecular flexibility index (Phi) is 14.6. The molecule has 0 aromatic carbocycles. The molecule has 0 spiro atoms. The van der Waals surface area contributed by atoms with Gasteiger partial charge >= 0.3 is 0 Å². The van der Waals surface area contributed by atoms with Gasteiger partial charge in [0.2, 0.25) is 11.2 Å². The van der Waals surface area contributed by atoms with Crippen molar-refractivity contribution in [2.45, 2.75) is 37.8 Å². The molecule has 0 aliphatic heterocycles. The number of nitrogens with one attached hydrogen (secondary N) is 1. The number of aliphatic hydroxyl groups is 4. The van der Waals surface area contributed by atoms with Crippen LogP contribution in [-0.4, -0.2) is 64.7 Å². The van der Waals surface area contributed by atoms with Gasteiger partial charge in [0, 0.05) is 12.8 Å². The third-order valence-electron chi connectivity index (χ3n) is 1.64. The number of alkyl halides is 1. The molecule has 5 N–H and O–H groups in total. The Bertz CT molecular complexity index is 161. The van der Waals surface area contributed by atoms with E-state index in [0.29, 0.717) is 6.42 Å². The molecule has 0 aliphatic rings. The first kappa shape index (κ1) is 22.2. The van der Waals surface area contributed by atoms with E-state index in [2.05, 4.69) is 5.32 Å². The van der Waals surface area contributed by atoms with Crippen LogP contribution in [0.2, 0.25) is 0 Å². The SMILES string of the molecule is CCC(O)(O)Cl.CCC(O)(O)N(C)C.CNC. The van der Waals surface area contributed by atoms with E-state index in [-0.39, 0.29) is 6.42 Å². The molecule has 0 atom stereocenters. The fourth-order valence-corrected chi connectivity index (χ4v) is 0.316. The van der Waals surface area contributed by atoms with Gasteiger partial charge in [0.05, 0.1) is 0 Å². The molecule has 0 bridgehead atoms. The summed E-state index contributed by atoms with van der Waals surface area (Å²) in [5, 5.41) is 34.8. The smallest absolute Gasteiger partial charge is 0.243 e. The van der Waals surface area contributed by atoms with Crippen LogP contribution in [0.3, 0.4) is 0 Å². The largest absolute Gasteiger partial charge is 0.353 e. The fourth-order valence-electron chi connectivity index (χ4n) is 0.316. The Morgan fingerprint density at radius 1 is 1.00 bits per heavy atom. The van der Waals surface area contributed by atoms with Crippen LogP contribution in [0.1, 0.15) is 26.7 Å². The second kappa shape index (κ2) is 11.2. The average molecular weight is 275 g/mol. The second-order valence-corrected chi connectivity index (χ2v) is 4.20. The molecule has 0 radical (unpaired) electrons. The molecule has 0 heterocycles. The molecule has 0 amide bonds. The first-order valence-electron chi connectivity index (χ1n) is 5.32. The minimum absolute atomic E-state index is 0.147. The van der Waals surface area contributed by atoms with E-state index in [1.54, 1.807) is 27.9 Å². The third-order valence-corrected chi connectivity index (χ3v) is 1.91. The molecular weight excluding hydrogens is 248 g/mol. The monoisotopic (exact) mass is 274 g/mol. The predicted octanol–water partition coefficient (Wildman–Crippen LogP) is -0.294. The molecule has 108 valence electrons. The second-order valence-electron chi connectivity index (χ2n) is 3.59. The molecule has 0 saturated carbocycles. The molecule has 6 nitrogen and oxygen atoms in total. The average Bonchev–Trinajstić information content (AvgIpc) is 2.18. The summed E-state index contributed by atoms with van der Waals surface area (Å²) in [7, 11) is 6.98. The van der Waals surface area contributed by atoms with Gasteiger partial charge in [0.1, 0.15) is 0 Å². The van der Waals surface area contributed by atoms with Crippen molar-refractivity contribution in [1.29, 1.82) is 0 Å². The van der Waals surface area contributed by atoms with Crippen LogP contribution in [0, 0.1) is 0 Å². The Morgan fingerprint density at radius 3 is 1.24 bits per heavy atom. The normalized spacial score (nSPS) is 11.3.